The van der Waals surface area contributed by atoms with Crippen LogP contribution in [-0.2, 0) is 4.74 Å². The van der Waals surface area contributed by atoms with Crippen LogP contribution in [0.3, 0.4) is 0 Å². The van der Waals surface area contributed by atoms with E-state index in [0.29, 0.717) is 0 Å². The zero-order valence-electron chi connectivity index (χ0n) is 13.7. The number of pyridine rings is 1. The standard InChI is InChI=1S/C18H15N5OS/c1-10-4-3-5-14(20-10)16-17(23-18(22-16)25-9-19-23)12-6-7-13-15(8-12)24-11(2)21-13/h3-9,13,15H,1-2H3. The fraction of sp³-hybridized carbons (Fsp3) is 0.222. The number of allylic oxidation sites excluding steroid dienone is 2. The second-order valence-corrected chi connectivity index (χ2v) is 6.92. The summed E-state index contributed by atoms with van der Waals surface area (Å²) in [4.78, 5) is 14.8. The van der Waals surface area contributed by atoms with E-state index in [4.69, 9.17) is 9.72 Å². The van der Waals surface area contributed by atoms with Crippen molar-refractivity contribution in [3.8, 4) is 11.4 Å². The van der Waals surface area contributed by atoms with Crippen LogP contribution in [0.25, 0.3) is 21.9 Å². The number of imidazole rings is 1. The molecule has 7 heteroatoms. The predicted octanol–water partition coefficient (Wildman–Crippen LogP) is 3.30. The highest BCUT2D eigenvalue weighted by atomic mass is 32.1. The molecule has 0 spiro atoms. The van der Waals surface area contributed by atoms with Gasteiger partial charge in [-0.1, -0.05) is 29.6 Å². The third-order valence-electron chi connectivity index (χ3n) is 4.34. The maximum absolute atomic E-state index is 5.81. The van der Waals surface area contributed by atoms with Crippen LogP contribution in [0.2, 0.25) is 0 Å². The highest BCUT2D eigenvalue weighted by Crippen LogP contribution is 2.34. The van der Waals surface area contributed by atoms with E-state index < -0.39 is 0 Å². The lowest BCUT2D eigenvalue weighted by Gasteiger charge is -2.17. The summed E-state index contributed by atoms with van der Waals surface area (Å²) in [5, 5.41) is 4.46. The summed E-state index contributed by atoms with van der Waals surface area (Å²) in [5.74, 6) is 0.727. The zero-order valence-corrected chi connectivity index (χ0v) is 14.6. The minimum Gasteiger partial charge on any atom is -0.471 e. The Hall–Kier alpha value is -2.80. The fourth-order valence-corrected chi connectivity index (χ4v) is 3.88. The van der Waals surface area contributed by atoms with Crippen molar-refractivity contribution in [1.82, 2.24) is 19.6 Å². The summed E-state index contributed by atoms with van der Waals surface area (Å²) in [6.07, 6.45) is 6.19. The van der Waals surface area contributed by atoms with Gasteiger partial charge in [-0.15, -0.1) is 0 Å². The summed E-state index contributed by atoms with van der Waals surface area (Å²) in [6.45, 7) is 3.87. The minimum absolute atomic E-state index is 0.0585. The van der Waals surface area contributed by atoms with E-state index >= 15 is 0 Å². The number of aromatic nitrogens is 4. The molecule has 0 saturated heterocycles. The van der Waals surface area contributed by atoms with Crippen molar-refractivity contribution in [3.63, 3.8) is 0 Å². The molecule has 3 aromatic rings. The maximum Gasteiger partial charge on any atom is 0.213 e. The first-order valence-corrected chi connectivity index (χ1v) is 8.95. The summed E-state index contributed by atoms with van der Waals surface area (Å²) in [5.41, 5.74) is 6.43. The highest BCUT2D eigenvalue weighted by Gasteiger charge is 2.30. The van der Waals surface area contributed by atoms with E-state index in [1.54, 1.807) is 5.51 Å². The lowest BCUT2D eigenvalue weighted by atomic mass is 9.97. The van der Waals surface area contributed by atoms with Crippen LogP contribution in [0.1, 0.15) is 18.3 Å². The molecule has 6 nitrogen and oxygen atoms in total. The van der Waals surface area contributed by atoms with Gasteiger partial charge < -0.3 is 4.74 Å². The molecule has 0 bridgehead atoms. The van der Waals surface area contributed by atoms with Crippen molar-refractivity contribution in [2.75, 3.05) is 0 Å². The van der Waals surface area contributed by atoms with Gasteiger partial charge >= 0.3 is 0 Å². The van der Waals surface area contributed by atoms with E-state index in [-0.39, 0.29) is 12.1 Å². The molecule has 1 aliphatic heterocycles. The van der Waals surface area contributed by atoms with Crippen molar-refractivity contribution in [2.24, 2.45) is 4.99 Å². The third-order valence-corrected chi connectivity index (χ3v) is 5.02. The number of ether oxygens (including phenoxy) is 1. The minimum atomic E-state index is -0.0671. The molecule has 0 amide bonds. The van der Waals surface area contributed by atoms with Gasteiger partial charge in [-0.3, -0.25) is 4.98 Å². The summed E-state index contributed by atoms with van der Waals surface area (Å²) in [7, 11) is 0. The third kappa shape index (κ3) is 2.31. The second kappa shape index (κ2) is 5.35. The number of aliphatic imine (C=N–C) groups is 1. The first-order chi connectivity index (χ1) is 12.2. The molecule has 0 fully saturated rings. The van der Waals surface area contributed by atoms with Crippen LogP contribution in [0.5, 0.6) is 0 Å². The quantitative estimate of drug-likeness (QED) is 0.712. The van der Waals surface area contributed by atoms with E-state index in [0.717, 1.165) is 39.2 Å². The van der Waals surface area contributed by atoms with Gasteiger partial charge in [0.05, 0.1) is 5.69 Å². The Morgan fingerprint density at radius 2 is 2.12 bits per heavy atom. The molecular formula is C18H15N5OS. The largest absolute Gasteiger partial charge is 0.471 e. The molecule has 1 aliphatic carbocycles. The van der Waals surface area contributed by atoms with Crippen LogP contribution in [0.15, 0.2) is 46.9 Å². The first kappa shape index (κ1) is 14.5. The van der Waals surface area contributed by atoms with E-state index in [2.05, 4.69) is 33.3 Å². The highest BCUT2D eigenvalue weighted by molar-refractivity contribution is 7.14. The Balaban J connectivity index is 1.68. The molecule has 2 atom stereocenters. The van der Waals surface area contributed by atoms with Gasteiger partial charge in [-0.25, -0.2) is 14.5 Å². The molecule has 124 valence electrons. The van der Waals surface area contributed by atoms with Crippen molar-refractivity contribution >= 4 is 27.8 Å². The van der Waals surface area contributed by atoms with Gasteiger partial charge in [-0.2, -0.15) is 5.10 Å². The Morgan fingerprint density at radius 3 is 3.00 bits per heavy atom. The van der Waals surface area contributed by atoms with Gasteiger partial charge in [0, 0.05) is 18.2 Å². The van der Waals surface area contributed by atoms with Gasteiger partial charge in [0.1, 0.15) is 29.0 Å². The Morgan fingerprint density at radius 1 is 1.20 bits per heavy atom. The SMILES string of the molecule is CC1=NC2C=CC(c3c(-c4cccc(C)n4)nc4scnn34)=CC2O1. The number of nitrogens with zero attached hydrogens (tertiary/aromatic N) is 5. The van der Waals surface area contributed by atoms with Gasteiger partial charge in [-0.05, 0) is 25.1 Å². The number of aryl methyl sites for hydroxylation is 1. The van der Waals surface area contributed by atoms with E-state index in [1.807, 2.05) is 36.6 Å². The number of rotatable bonds is 2. The lowest BCUT2D eigenvalue weighted by molar-refractivity contribution is 0.253. The molecular weight excluding hydrogens is 334 g/mol. The molecule has 0 aromatic carbocycles. The molecule has 2 aliphatic rings. The van der Waals surface area contributed by atoms with Crippen molar-refractivity contribution in [1.29, 1.82) is 0 Å². The van der Waals surface area contributed by atoms with Gasteiger partial charge in [0.15, 0.2) is 5.90 Å². The van der Waals surface area contributed by atoms with E-state index in [9.17, 15) is 0 Å². The molecule has 25 heavy (non-hydrogen) atoms. The molecule has 0 N–H and O–H groups in total. The van der Waals surface area contributed by atoms with Crippen LogP contribution in [0, 0.1) is 6.92 Å². The second-order valence-electron chi connectivity index (χ2n) is 6.11. The van der Waals surface area contributed by atoms with Crippen molar-refractivity contribution < 1.29 is 4.74 Å². The van der Waals surface area contributed by atoms with E-state index in [1.165, 1.54) is 11.3 Å². The number of hydrogen-bond donors (Lipinski definition) is 0. The lowest BCUT2D eigenvalue weighted by Crippen LogP contribution is -2.21. The monoisotopic (exact) mass is 349 g/mol. The van der Waals surface area contributed by atoms with Gasteiger partial charge in [0.25, 0.3) is 0 Å². The molecule has 0 radical (unpaired) electrons. The molecule has 4 heterocycles. The average molecular weight is 349 g/mol. The van der Waals surface area contributed by atoms with Crippen LogP contribution in [0.4, 0.5) is 0 Å². The fourth-order valence-electron chi connectivity index (χ4n) is 3.26. The first-order valence-electron chi connectivity index (χ1n) is 8.07. The van der Waals surface area contributed by atoms with Crippen LogP contribution < -0.4 is 0 Å². The zero-order chi connectivity index (χ0) is 17.0. The van der Waals surface area contributed by atoms with Crippen molar-refractivity contribution in [2.45, 2.75) is 26.0 Å². The van der Waals surface area contributed by atoms with Gasteiger partial charge in [0.2, 0.25) is 4.96 Å². The Labute approximate surface area is 148 Å². The summed E-state index contributed by atoms with van der Waals surface area (Å²) < 4.78 is 7.69. The predicted molar refractivity (Wildman–Crippen MR) is 97.7 cm³/mol. The molecule has 5 rings (SSSR count). The number of fused-ring (bicyclic) bond motifs is 2. The van der Waals surface area contributed by atoms with Crippen LogP contribution >= 0.6 is 11.3 Å². The molecule has 2 unspecified atom stereocenters. The smallest absolute Gasteiger partial charge is 0.213 e. The normalized spacial score (nSPS) is 21.8. The summed E-state index contributed by atoms with van der Waals surface area (Å²) >= 11 is 1.51. The topological polar surface area (TPSA) is 64.7 Å². The van der Waals surface area contributed by atoms with Crippen molar-refractivity contribution in [3.05, 3.63) is 53.3 Å². The molecule has 3 aromatic heterocycles. The summed E-state index contributed by atoms with van der Waals surface area (Å²) in [6, 6.07) is 6.03. The average Bonchev–Trinajstić information content (AvgIpc) is 3.26. The Kier molecular flexibility index (Phi) is 3.11. The Bertz CT molecular complexity index is 1070. The number of hydrogen-bond acceptors (Lipinski definition) is 6. The maximum atomic E-state index is 5.81. The van der Waals surface area contributed by atoms with Crippen LogP contribution in [-0.4, -0.2) is 37.6 Å². The molecule has 0 saturated carbocycles.